The number of amides is 2. The van der Waals surface area contributed by atoms with Crippen LogP contribution in [0.5, 0.6) is 0 Å². The summed E-state index contributed by atoms with van der Waals surface area (Å²) < 4.78 is 0. The van der Waals surface area contributed by atoms with Gasteiger partial charge in [0.1, 0.15) is 0 Å². The van der Waals surface area contributed by atoms with Crippen molar-refractivity contribution in [2.75, 3.05) is 43.4 Å². The molecule has 2 aliphatic heterocycles. The van der Waals surface area contributed by atoms with Crippen LogP contribution in [-0.4, -0.2) is 49.9 Å². The van der Waals surface area contributed by atoms with E-state index in [1.54, 1.807) is 12.3 Å². The SMILES string of the molecule is CN1CCN(c2ccc(N/C=C3\C(=O)NC(=O)c4ccc(-c5ccccc5Cl)cc43)cc2)CC1. The molecule has 2 N–H and O–H groups in total. The van der Waals surface area contributed by atoms with Gasteiger partial charge in [0.05, 0.1) is 5.57 Å². The number of imide groups is 1. The number of likely N-dealkylation sites (N-methyl/N-ethyl adjacent to an activating group) is 1. The van der Waals surface area contributed by atoms with Gasteiger partial charge < -0.3 is 15.1 Å². The molecule has 0 aliphatic carbocycles. The van der Waals surface area contributed by atoms with Gasteiger partial charge in [-0.05, 0) is 55.1 Å². The molecule has 1 saturated heterocycles. The Morgan fingerprint density at radius 1 is 0.853 bits per heavy atom. The minimum absolute atomic E-state index is 0.395. The number of hydrogen-bond donors (Lipinski definition) is 2. The fourth-order valence-corrected chi connectivity index (χ4v) is 4.56. The third-order valence-corrected chi connectivity index (χ3v) is 6.66. The van der Waals surface area contributed by atoms with Crippen molar-refractivity contribution in [1.29, 1.82) is 0 Å². The quantitative estimate of drug-likeness (QED) is 0.433. The maximum atomic E-state index is 12.7. The summed E-state index contributed by atoms with van der Waals surface area (Å²) in [7, 11) is 2.14. The summed E-state index contributed by atoms with van der Waals surface area (Å²) >= 11 is 6.37. The van der Waals surface area contributed by atoms with Gasteiger partial charge >= 0.3 is 0 Å². The highest BCUT2D eigenvalue weighted by Crippen LogP contribution is 2.33. The molecule has 0 unspecified atom stereocenters. The molecule has 1 fully saturated rings. The third-order valence-electron chi connectivity index (χ3n) is 6.33. The molecule has 0 atom stereocenters. The van der Waals surface area contributed by atoms with E-state index >= 15 is 0 Å². The van der Waals surface area contributed by atoms with Crippen LogP contribution < -0.4 is 15.5 Å². The predicted octanol–water partition coefficient (Wildman–Crippen LogP) is 4.48. The first-order chi connectivity index (χ1) is 16.5. The van der Waals surface area contributed by atoms with Crippen LogP contribution in [0.4, 0.5) is 11.4 Å². The molecular weight excluding hydrogens is 448 g/mol. The van der Waals surface area contributed by atoms with E-state index in [0.717, 1.165) is 43.0 Å². The van der Waals surface area contributed by atoms with Crippen molar-refractivity contribution in [2.45, 2.75) is 0 Å². The van der Waals surface area contributed by atoms with Crippen molar-refractivity contribution >= 4 is 40.4 Å². The molecule has 0 aromatic heterocycles. The molecule has 2 amide bonds. The normalized spacial score (nSPS) is 17.5. The van der Waals surface area contributed by atoms with Gasteiger partial charge in [0.2, 0.25) is 0 Å². The van der Waals surface area contributed by atoms with E-state index in [2.05, 4.69) is 39.6 Å². The van der Waals surface area contributed by atoms with Crippen molar-refractivity contribution in [3.8, 4) is 11.1 Å². The average Bonchev–Trinajstić information content (AvgIpc) is 2.85. The topological polar surface area (TPSA) is 64.7 Å². The molecular formula is C27H25ClN4O2. The van der Waals surface area contributed by atoms with Crippen molar-refractivity contribution in [3.05, 3.63) is 89.1 Å². The lowest BCUT2D eigenvalue weighted by Crippen LogP contribution is -2.44. The van der Waals surface area contributed by atoms with Gasteiger partial charge in [-0.2, -0.15) is 0 Å². The molecule has 3 aromatic rings. The summed E-state index contributed by atoms with van der Waals surface area (Å²) in [5, 5.41) is 6.26. The molecule has 172 valence electrons. The highest BCUT2D eigenvalue weighted by atomic mass is 35.5. The molecule has 0 radical (unpaired) electrons. The molecule has 2 heterocycles. The van der Waals surface area contributed by atoms with Crippen molar-refractivity contribution < 1.29 is 9.59 Å². The van der Waals surface area contributed by atoms with Crippen LogP contribution >= 0.6 is 11.6 Å². The first kappa shape index (κ1) is 22.2. The smallest absolute Gasteiger partial charge is 0.260 e. The number of halogens is 1. The number of nitrogens with one attached hydrogen (secondary N) is 2. The first-order valence-corrected chi connectivity index (χ1v) is 11.6. The van der Waals surface area contributed by atoms with Crippen LogP contribution in [-0.2, 0) is 4.79 Å². The number of benzene rings is 3. The van der Waals surface area contributed by atoms with Gasteiger partial charge in [-0.1, -0.05) is 35.9 Å². The number of piperazine rings is 1. The van der Waals surface area contributed by atoms with E-state index in [9.17, 15) is 9.59 Å². The molecule has 0 bridgehead atoms. The summed E-state index contributed by atoms with van der Waals surface area (Å²) in [4.78, 5) is 29.8. The van der Waals surface area contributed by atoms with E-state index in [1.165, 1.54) is 5.69 Å². The van der Waals surface area contributed by atoms with Crippen LogP contribution in [0.2, 0.25) is 5.02 Å². The second-order valence-electron chi connectivity index (χ2n) is 8.56. The van der Waals surface area contributed by atoms with Crippen LogP contribution in [0.1, 0.15) is 15.9 Å². The third kappa shape index (κ3) is 4.42. The van der Waals surface area contributed by atoms with Crippen molar-refractivity contribution in [2.24, 2.45) is 0 Å². The van der Waals surface area contributed by atoms with Crippen LogP contribution in [0.3, 0.4) is 0 Å². The maximum absolute atomic E-state index is 12.7. The predicted molar refractivity (Wildman–Crippen MR) is 137 cm³/mol. The number of fused-ring (bicyclic) bond motifs is 1. The summed E-state index contributed by atoms with van der Waals surface area (Å²) in [5.41, 5.74) is 5.15. The molecule has 5 rings (SSSR count). The van der Waals surface area contributed by atoms with Gasteiger partial charge in [0.25, 0.3) is 11.8 Å². The lowest BCUT2D eigenvalue weighted by Gasteiger charge is -2.34. The molecule has 0 saturated carbocycles. The number of anilines is 2. The Morgan fingerprint density at radius 3 is 2.32 bits per heavy atom. The minimum Gasteiger partial charge on any atom is -0.369 e. The zero-order valence-corrected chi connectivity index (χ0v) is 19.6. The molecule has 2 aliphatic rings. The number of carbonyl (C=O) groups is 2. The van der Waals surface area contributed by atoms with Crippen molar-refractivity contribution in [3.63, 3.8) is 0 Å². The summed E-state index contributed by atoms with van der Waals surface area (Å²) in [5.74, 6) is -0.838. The van der Waals surface area contributed by atoms with E-state index in [4.69, 9.17) is 11.6 Å². The van der Waals surface area contributed by atoms with Crippen LogP contribution in [0, 0.1) is 0 Å². The minimum atomic E-state index is -0.435. The Bertz CT molecular complexity index is 1280. The lowest BCUT2D eigenvalue weighted by atomic mass is 9.91. The van der Waals surface area contributed by atoms with Crippen molar-refractivity contribution in [1.82, 2.24) is 10.2 Å². The number of hydrogen-bond acceptors (Lipinski definition) is 5. The molecule has 7 heteroatoms. The molecule has 34 heavy (non-hydrogen) atoms. The zero-order valence-electron chi connectivity index (χ0n) is 18.8. The number of rotatable bonds is 4. The van der Waals surface area contributed by atoms with Crippen LogP contribution in [0.25, 0.3) is 16.7 Å². The van der Waals surface area contributed by atoms with E-state index in [1.807, 2.05) is 48.5 Å². The van der Waals surface area contributed by atoms with E-state index in [-0.39, 0.29) is 0 Å². The second kappa shape index (κ2) is 9.33. The fraction of sp³-hybridized carbons (Fsp3) is 0.185. The monoisotopic (exact) mass is 472 g/mol. The highest BCUT2D eigenvalue weighted by molar-refractivity contribution is 6.34. The van der Waals surface area contributed by atoms with E-state index < -0.39 is 11.8 Å². The van der Waals surface area contributed by atoms with Gasteiger partial charge in [0.15, 0.2) is 0 Å². The largest absolute Gasteiger partial charge is 0.369 e. The number of carbonyl (C=O) groups excluding carboxylic acids is 2. The first-order valence-electron chi connectivity index (χ1n) is 11.2. The molecule has 0 spiro atoms. The Hall–Kier alpha value is -3.61. The zero-order chi connectivity index (χ0) is 23.7. The lowest BCUT2D eigenvalue weighted by molar-refractivity contribution is -0.114. The summed E-state index contributed by atoms with van der Waals surface area (Å²) in [6, 6.07) is 21.1. The maximum Gasteiger partial charge on any atom is 0.260 e. The second-order valence-corrected chi connectivity index (χ2v) is 8.97. The number of nitrogens with zero attached hydrogens (tertiary/aromatic N) is 2. The Balaban J connectivity index is 1.41. The molecule has 6 nitrogen and oxygen atoms in total. The standard InChI is InChI=1S/C27H25ClN4O2/c1-31-12-14-32(15-13-31)20-9-7-19(8-10-20)29-17-24-23-16-18(21-4-2-3-5-25(21)28)6-11-22(23)26(33)30-27(24)34/h2-11,16-17,29H,12-15H2,1H3,(H,30,33,34)/b24-17-. The Labute approximate surface area is 203 Å². The average molecular weight is 473 g/mol. The van der Waals surface area contributed by atoms with Gasteiger partial charge in [0, 0.05) is 65.5 Å². The highest BCUT2D eigenvalue weighted by Gasteiger charge is 2.27. The Kier molecular flexibility index (Phi) is 6.09. The summed E-state index contributed by atoms with van der Waals surface area (Å²) in [6.45, 7) is 4.11. The Morgan fingerprint density at radius 2 is 1.59 bits per heavy atom. The van der Waals surface area contributed by atoms with Gasteiger partial charge in [-0.3, -0.25) is 14.9 Å². The van der Waals surface area contributed by atoms with E-state index in [0.29, 0.717) is 21.7 Å². The van der Waals surface area contributed by atoms with Crippen LogP contribution in [0.15, 0.2) is 72.9 Å². The molecule has 3 aromatic carbocycles. The fourth-order valence-electron chi connectivity index (χ4n) is 4.32. The van der Waals surface area contributed by atoms with Gasteiger partial charge in [-0.25, -0.2) is 0 Å². The van der Waals surface area contributed by atoms with Gasteiger partial charge in [-0.15, -0.1) is 0 Å². The summed E-state index contributed by atoms with van der Waals surface area (Å²) in [6.07, 6.45) is 1.65.